The first-order valence-corrected chi connectivity index (χ1v) is 10.0. The molecule has 0 spiro atoms. The number of carboxylic acid groups (broad SMARTS) is 1. The maximum Gasteiger partial charge on any atom is 0.335 e. The van der Waals surface area contributed by atoms with Gasteiger partial charge in [-0.2, -0.15) is 0 Å². The molecule has 4 heteroatoms. The van der Waals surface area contributed by atoms with Gasteiger partial charge in [0.2, 0.25) is 0 Å². The molecule has 28 heavy (non-hydrogen) atoms. The number of aromatic carboxylic acids is 1. The van der Waals surface area contributed by atoms with Crippen molar-refractivity contribution in [3.63, 3.8) is 0 Å². The van der Waals surface area contributed by atoms with Crippen molar-refractivity contribution >= 4 is 16.9 Å². The standard InChI is InChI=1S/C24H26N2O2/c1-14-10-15(2)21-18(8-9-25-21)19(14)12-26-13-24(3)11-20(24)22(26)16-4-6-17(7-5-16)23(27)28/h4-10,20,22,25H,11-13H2,1-3H3,(H,27,28). The lowest BCUT2D eigenvalue weighted by Gasteiger charge is -2.29. The Hall–Kier alpha value is -2.59. The maximum atomic E-state index is 11.2. The number of nitrogens with one attached hydrogen (secondary N) is 1. The molecule has 1 saturated heterocycles. The number of H-pyrrole nitrogens is 1. The van der Waals surface area contributed by atoms with E-state index in [1.165, 1.54) is 39.6 Å². The van der Waals surface area contributed by atoms with E-state index in [0.717, 1.165) is 13.1 Å². The molecule has 3 unspecified atom stereocenters. The summed E-state index contributed by atoms with van der Waals surface area (Å²) in [6, 6.07) is 12.4. The summed E-state index contributed by atoms with van der Waals surface area (Å²) < 4.78 is 0. The Bertz CT molecular complexity index is 1080. The number of hydrogen-bond donors (Lipinski definition) is 2. The summed E-state index contributed by atoms with van der Waals surface area (Å²) in [5.41, 5.74) is 7.26. The monoisotopic (exact) mass is 374 g/mol. The number of benzene rings is 2. The van der Waals surface area contributed by atoms with Crippen molar-refractivity contribution in [2.24, 2.45) is 11.3 Å². The third-order valence-corrected chi connectivity index (χ3v) is 7.00. The van der Waals surface area contributed by atoms with Gasteiger partial charge in [0.1, 0.15) is 0 Å². The summed E-state index contributed by atoms with van der Waals surface area (Å²) in [5, 5.41) is 10.5. The predicted molar refractivity (Wildman–Crippen MR) is 111 cm³/mol. The predicted octanol–water partition coefficient (Wildman–Crippen LogP) is 5.07. The van der Waals surface area contributed by atoms with Crippen LogP contribution in [-0.4, -0.2) is 27.5 Å². The number of carbonyl (C=O) groups is 1. The molecule has 2 N–H and O–H groups in total. The lowest BCUT2D eigenvalue weighted by atomic mass is 9.97. The Kier molecular flexibility index (Phi) is 3.72. The zero-order chi connectivity index (χ0) is 19.6. The Labute approximate surface area is 165 Å². The molecule has 0 bridgehead atoms. The molecular formula is C24H26N2O2. The second-order valence-corrected chi connectivity index (χ2v) is 9.00. The summed E-state index contributed by atoms with van der Waals surface area (Å²) in [6.45, 7) is 8.79. The molecule has 0 radical (unpaired) electrons. The number of likely N-dealkylation sites (tertiary alicyclic amines) is 1. The fourth-order valence-electron chi connectivity index (χ4n) is 5.41. The minimum atomic E-state index is -0.865. The number of aromatic amines is 1. The van der Waals surface area contributed by atoms with E-state index in [4.69, 9.17) is 0 Å². The van der Waals surface area contributed by atoms with Crippen LogP contribution < -0.4 is 0 Å². The van der Waals surface area contributed by atoms with Gasteiger partial charge in [0.25, 0.3) is 0 Å². The molecule has 2 aliphatic rings. The highest BCUT2D eigenvalue weighted by Gasteiger charge is 2.61. The number of carboxylic acids is 1. The molecule has 1 aromatic heterocycles. The highest BCUT2D eigenvalue weighted by atomic mass is 16.4. The Morgan fingerprint density at radius 3 is 2.68 bits per heavy atom. The summed E-state index contributed by atoms with van der Waals surface area (Å²) in [6.07, 6.45) is 3.30. The minimum absolute atomic E-state index is 0.357. The molecule has 1 aliphatic heterocycles. The Balaban J connectivity index is 1.51. The van der Waals surface area contributed by atoms with Gasteiger partial charge < -0.3 is 10.1 Å². The lowest BCUT2D eigenvalue weighted by molar-refractivity contribution is 0.0697. The molecule has 5 rings (SSSR count). The largest absolute Gasteiger partial charge is 0.478 e. The molecule has 4 nitrogen and oxygen atoms in total. The Morgan fingerprint density at radius 1 is 1.21 bits per heavy atom. The zero-order valence-corrected chi connectivity index (χ0v) is 16.6. The second kappa shape index (κ2) is 5.95. The van der Waals surface area contributed by atoms with Crippen molar-refractivity contribution in [1.29, 1.82) is 0 Å². The van der Waals surface area contributed by atoms with Gasteiger partial charge in [-0.3, -0.25) is 4.90 Å². The molecule has 0 amide bonds. The highest BCUT2D eigenvalue weighted by Crippen LogP contribution is 2.65. The highest BCUT2D eigenvalue weighted by molar-refractivity contribution is 5.88. The van der Waals surface area contributed by atoms with E-state index >= 15 is 0 Å². The van der Waals surface area contributed by atoms with Gasteiger partial charge in [-0.15, -0.1) is 0 Å². The van der Waals surface area contributed by atoms with E-state index in [2.05, 4.69) is 42.8 Å². The second-order valence-electron chi connectivity index (χ2n) is 9.00. The number of aryl methyl sites for hydroxylation is 2. The van der Waals surface area contributed by atoms with Crippen LogP contribution >= 0.6 is 0 Å². The van der Waals surface area contributed by atoms with Crippen LogP contribution in [0.5, 0.6) is 0 Å². The fourth-order valence-corrected chi connectivity index (χ4v) is 5.41. The summed E-state index contributed by atoms with van der Waals surface area (Å²) >= 11 is 0. The number of aromatic nitrogens is 1. The van der Waals surface area contributed by atoms with Gasteiger partial charge in [-0.05, 0) is 72.1 Å². The quantitative estimate of drug-likeness (QED) is 0.671. The van der Waals surface area contributed by atoms with E-state index < -0.39 is 5.97 Å². The number of piperidine rings is 1. The van der Waals surface area contributed by atoms with E-state index in [0.29, 0.717) is 22.9 Å². The van der Waals surface area contributed by atoms with Gasteiger partial charge in [0.05, 0.1) is 5.56 Å². The average Bonchev–Trinajstić information content (AvgIpc) is 3.01. The van der Waals surface area contributed by atoms with Gasteiger partial charge in [-0.25, -0.2) is 4.79 Å². The van der Waals surface area contributed by atoms with E-state index in [-0.39, 0.29) is 0 Å². The van der Waals surface area contributed by atoms with Gasteiger partial charge in [0, 0.05) is 36.2 Å². The van der Waals surface area contributed by atoms with E-state index in [1.54, 1.807) is 12.1 Å². The van der Waals surface area contributed by atoms with Gasteiger partial charge in [-0.1, -0.05) is 25.1 Å². The van der Waals surface area contributed by atoms with Crippen molar-refractivity contribution in [1.82, 2.24) is 9.88 Å². The van der Waals surface area contributed by atoms with Crippen molar-refractivity contribution < 1.29 is 9.90 Å². The van der Waals surface area contributed by atoms with E-state index in [1.807, 2.05) is 18.3 Å². The van der Waals surface area contributed by atoms with Crippen LogP contribution in [0.4, 0.5) is 0 Å². The molecule has 1 saturated carbocycles. The van der Waals surface area contributed by atoms with Crippen molar-refractivity contribution in [2.45, 2.75) is 39.8 Å². The molecule has 3 atom stereocenters. The van der Waals surface area contributed by atoms with Crippen molar-refractivity contribution in [2.75, 3.05) is 6.54 Å². The molecule has 1 aliphatic carbocycles. The molecule has 144 valence electrons. The number of rotatable bonds is 4. The normalized spacial score (nSPS) is 26.5. The van der Waals surface area contributed by atoms with Crippen LogP contribution in [0, 0.1) is 25.2 Å². The topological polar surface area (TPSA) is 56.3 Å². The lowest BCUT2D eigenvalue weighted by Crippen LogP contribution is -2.28. The molecule has 2 heterocycles. The molecule has 2 fully saturated rings. The number of nitrogens with zero attached hydrogens (tertiary/aromatic N) is 1. The third kappa shape index (κ3) is 2.59. The van der Waals surface area contributed by atoms with Crippen molar-refractivity contribution in [3.05, 3.63) is 70.4 Å². The molecule has 2 aromatic carbocycles. The van der Waals surface area contributed by atoms with Crippen LogP contribution in [0.3, 0.4) is 0 Å². The minimum Gasteiger partial charge on any atom is -0.478 e. The maximum absolute atomic E-state index is 11.2. The zero-order valence-electron chi connectivity index (χ0n) is 16.6. The first-order valence-electron chi connectivity index (χ1n) is 10.0. The number of fused-ring (bicyclic) bond motifs is 2. The SMILES string of the molecule is Cc1cc(C)c2[nH]ccc2c1CN1CC2(C)CC2C1c1ccc(C(=O)O)cc1. The summed E-state index contributed by atoms with van der Waals surface area (Å²) in [5.74, 6) is -0.202. The molecular weight excluding hydrogens is 348 g/mol. The van der Waals surface area contributed by atoms with E-state index in [9.17, 15) is 9.90 Å². The smallest absolute Gasteiger partial charge is 0.335 e. The van der Waals surface area contributed by atoms with Crippen LogP contribution in [0.15, 0.2) is 42.6 Å². The average molecular weight is 374 g/mol. The number of hydrogen-bond acceptors (Lipinski definition) is 2. The summed E-state index contributed by atoms with van der Waals surface area (Å²) in [7, 11) is 0. The van der Waals surface area contributed by atoms with Crippen LogP contribution in [-0.2, 0) is 6.54 Å². The van der Waals surface area contributed by atoms with Crippen molar-refractivity contribution in [3.8, 4) is 0 Å². The first-order chi connectivity index (χ1) is 13.4. The van der Waals surface area contributed by atoms with Gasteiger partial charge >= 0.3 is 5.97 Å². The third-order valence-electron chi connectivity index (χ3n) is 7.00. The van der Waals surface area contributed by atoms with Crippen LogP contribution in [0.2, 0.25) is 0 Å². The van der Waals surface area contributed by atoms with Crippen LogP contribution in [0.25, 0.3) is 10.9 Å². The Morgan fingerprint density at radius 2 is 1.96 bits per heavy atom. The molecule has 3 aromatic rings. The summed E-state index contributed by atoms with van der Waals surface area (Å²) in [4.78, 5) is 17.2. The fraction of sp³-hybridized carbons (Fsp3) is 0.375. The first kappa shape index (κ1) is 17.5. The van der Waals surface area contributed by atoms with Gasteiger partial charge in [0.15, 0.2) is 0 Å². The van der Waals surface area contributed by atoms with Crippen LogP contribution in [0.1, 0.15) is 52.0 Å².